The molecule has 1 aliphatic heterocycles. The van der Waals surface area contributed by atoms with E-state index in [1.54, 1.807) is 29.2 Å². The van der Waals surface area contributed by atoms with Gasteiger partial charge in [0.15, 0.2) is 0 Å². The van der Waals surface area contributed by atoms with Gasteiger partial charge in [0.05, 0.1) is 10.9 Å². The molecular formula is C21H18ClN5O4. The number of hydrogen-bond acceptors (Lipinski definition) is 5. The van der Waals surface area contributed by atoms with Crippen molar-refractivity contribution in [2.75, 3.05) is 11.4 Å². The maximum atomic E-state index is 12.8. The molecule has 2 N–H and O–H groups in total. The van der Waals surface area contributed by atoms with Crippen molar-refractivity contribution in [1.29, 1.82) is 0 Å². The van der Waals surface area contributed by atoms with E-state index in [0.29, 0.717) is 23.7 Å². The Kier molecular flexibility index (Phi) is 4.62. The maximum Gasteiger partial charge on any atom is 0.330 e. The molecule has 9 nitrogen and oxygen atoms in total. The molecule has 1 unspecified atom stereocenters. The van der Waals surface area contributed by atoms with E-state index in [9.17, 15) is 19.2 Å². The van der Waals surface area contributed by atoms with Gasteiger partial charge in [0.2, 0.25) is 5.91 Å². The van der Waals surface area contributed by atoms with Gasteiger partial charge in [0, 0.05) is 29.5 Å². The number of fused-ring (bicyclic) bond motifs is 1. The van der Waals surface area contributed by atoms with Crippen molar-refractivity contribution in [3.63, 3.8) is 0 Å². The fourth-order valence-corrected chi connectivity index (χ4v) is 4.07. The molecule has 0 bridgehead atoms. The van der Waals surface area contributed by atoms with Crippen LogP contribution < -0.4 is 21.5 Å². The Bertz CT molecular complexity index is 1340. The molecule has 1 atom stereocenters. The SMILES string of the molecule is O=C(NC1CCN(c2cccc(Cl)c2)C1=O)c1cnc2c(c1)c(=O)[nH]c(=O)n2C1CC1. The molecule has 1 saturated heterocycles. The highest BCUT2D eigenvalue weighted by molar-refractivity contribution is 6.31. The number of aromatic amines is 1. The quantitative estimate of drug-likeness (QED) is 0.640. The fourth-order valence-electron chi connectivity index (χ4n) is 3.89. The Morgan fingerprint density at radius 3 is 2.71 bits per heavy atom. The van der Waals surface area contributed by atoms with Gasteiger partial charge in [-0.05, 0) is 43.5 Å². The molecule has 0 spiro atoms. The predicted octanol–water partition coefficient (Wildman–Crippen LogP) is 1.61. The molecule has 1 aromatic carbocycles. The molecule has 158 valence electrons. The number of halogens is 1. The van der Waals surface area contributed by atoms with Gasteiger partial charge in [-0.1, -0.05) is 17.7 Å². The van der Waals surface area contributed by atoms with Gasteiger partial charge in [0.1, 0.15) is 11.7 Å². The lowest BCUT2D eigenvalue weighted by atomic mass is 10.2. The number of rotatable bonds is 4. The second-order valence-electron chi connectivity index (χ2n) is 7.74. The molecule has 2 amide bonds. The highest BCUT2D eigenvalue weighted by Gasteiger charge is 2.34. The second kappa shape index (κ2) is 7.35. The summed E-state index contributed by atoms with van der Waals surface area (Å²) in [6, 6.07) is 7.70. The standard InChI is InChI=1S/C21H18ClN5O4/c22-12-2-1-3-14(9-12)26-7-6-16(20(26)30)24-18(28)11-8-15-17(23-10-11)27(13-4-5-13)21(31)25-19(15)29/h1-3,8-10,13,16H,4-7H2,(H,24,28)(H,25,29,31). The highest BCUT2D eigenvalue weighted by atomic mass is 35.5. The highest BCUT2D eigenvalue weighted by Crippen LogP contribution is 2.34. The normalized spacial score (nSPS) is 18.5. The van der Waals surface area contributed by atoms with Crippen LogP contribution in [0, 0.1) is 0 Å². The van der Waals surface area contributed by atoms with E-state index in [1.807, 2.05) is 0 Å². The molecule has 1 saturated carbocycles. The van der Waals surface area contributed by atoms with E-state index in [2.05, 4.69) is 15.3 Å². The van der Waals surface area contributed by atoms with Crippen LogP contribution in [0.5, 0.6) is 0 Å². The van der Waals surface area contributed by atoms with Gasteiger partial charge in [-0.15, -0.1) is 0 Å². The minimum Gasteiger partial charge on any atom is -0.340 e. The first-order valence-corrected chi connectivity index (χ1v) is 10.3. The Labute approximate surface area is 180 Å². The zero-order valence-electron chi connectivity index (χ0n) is 16.3. The van der Waals surface area contributed by atoms with Crippen LogP contribution in [0.1, 0.15) is 35.7 Å². The van der Waals surface area contributed by atoms with Crippen LogP contribution in [0.25, 0.3) is 11.0 Å². The Balaban J connectivity index is 1.39. The first-order chi connectivity index (χ1) is 14.9. The molecule has 0 radical (unpaired) electrons. The van der Waals surface area contributed by atoms with Crippen LogP contribution in [0.4, 0.5) is 5.69 Å². The van der Waals surface area contributed by atoms with E-state index in [1.165, 1.54) is 16.8 Å². The molecule has 2 aliphatic rings. The largest absolute Gasteiger partial charge is 0.340 e. The zero-order chi connectivity index (χ0) is 21.7. The van der Waals surface area contributed by atoms with E-state index in [4.69, 9.17) is 11.6 Å². The van der Waals surface area contributed by atoms with Gasteiger partial charge < -0.3 is 10.2 Å². The average Bonchev–Trinajstić information content (AvgIpc) is 3.51. The summed E-state index contributed by atoms with van der Waals surface area (Å²) in [5.74, 6) is -0.742. The molecular weight excluding hydrogens is 422 g/mol. The number of pyridine rings is 1. The van der Waals surface area contributed by atoms with Gasteiger partial charge >= 0.3 is 5.69 Å². The van der Waals surface area contributed by atoms with Crippen LogP contribution >= 0.6 is 11.6 Å². The van der Waals surface area contributed by atoms with Gasteiger partial charge in [-0.25, -0.2) is 9.78 Å². The molecule has 3 aromatic rings. The summed E-state index contributed by atoms with van der Waals surface area (Å²) >= 11 is 6.01. The van der Waals surface area contributed by atoms with Crippen LogP contribution in [0.3, 0.4) is 0 Å². The second-order valence-corrected chi connectivity index (χ2v) is 8.18. The summed E-state index contributed by atoms with van der Waals surface area (Å²) < 4.78 is 1.46. The minimum atomic E-state index is -0.694. The number of anilines is 1. The van der Waals surface area contributed by atoms with Crippen molar-refractivity contribution in [2.45, 2.75) is 31.3 Å². The summed E-state index contributed by atoms with van der Waals surface area (Å²) in [6.07, 6.45) is 3.46. The van der Waals surface area contributed by atoms with E-state index in [0.717, 1.165) is 12.8 Å². The van der Waals surface area contributed by atoms with Gasteiger partial charge in [0.25, 0.3) is 11.5 Å². The lowest BCUT2D eigenvalue weighted by molar-refractivity contribution is -0.118. The summed E-state index contributed by atoms with van der Waals surface area (Å²) in [4.78, 5) is 58.0. The Hall–Kier alpha value is -3.46. The van der Waals surface area contributed by atoms with Gasteiger partial charge in [-0.2, -0.15) is 0 Å². The van der Waals surface area contributed by atoms with Crippen molar-refractivity contribution in [1.82, 2.24) is 19.9 Å². The first kappa shape index (κ1) is 19.5. The minimum absolute atomic E-state index is 0.0209. The summed E-state index contributed by atoms with van der Waals surface area (Å²) in [7, 11) is 0. The third kappa shape index (κ3) is 3.50. The van der Waals surface area contributed by atoms with Crippen molar-refractivity contribution in [3.05, 3.63) is 68.0 Å². The predicted molar refractivity (Wildman–Crippen MR) is 115 cm³/mol. The monoisotopic (exact) mass is 439 g/mol. The number of nitrogens with zero attached hydrogens (tertiary/aromatic N) is 3. The molecule has 10 heteroatoms. The first-order valence-electron chi connectivity index (χ1n) is 9.95. The molecule has 5 rings (SSSR count). The molecule has 2 fully saturated rings. The number of nitrogens with one attached hydrogen (secondary N) is 2. The van der Waals surface area contributed by atoms with Crippen LogP contribution in [-0.4, -0.2) is 38.9 Å². The zero-order valence-corrected chi connectivity index (χ0v) is 17.1. The topological polar surface area (TPSA) is 117 Å². The molecule has 2 aromatic heterocycles. The van der Waals surface area contributed by atoms with Gasteiger partial charge in [-0.3, -0.25) is 23.9 Å². The lowest BCUT2D eigenvalue weighted by Crippen LogP contribution is -2.41. The summed E-state index contributed by atoms with van der Waals surface area (Å²) in [5, 5.41) is 3.41. The number of carbonyl (C=O) groups excluding carboxylic acids is 2. The van der Waals surface area contributed by atoms with Crippen LogP contribution in [0.15, 0.2) is 46.1 Å². The maximum absolute atomic E-state index is 12.8. The summed E-state index contributed by atoms with van der Waals surface area (Å²) in [5.41, 5.74) is -0.0124. The number of aromatic nitrogens is 3. The van der Waals surface area contributed by atoms with E-state index < -0.39 is 23.2 Å². The number of amides is 2. The van der Waals surface area contributed by atoms with E-state index >= 15 is 0 Å². The number of H-pyrrole nitrogens is 1. The van der Waals surface area contributed by atoms with Crippen LogP contribution in [0.2, 0.25) is 5.02 Å². The number of carbonyl (C=O) groups is 2. The fraction of sp³-hybridized carbons (Fsp3) is 0.286. The number of benzene rings is 1. The van der Waals surface area contributed by atoms with Crippen molar-refractivity contribution < 1.29 is 9.59 Å². The molecule has 1 aliphatic carbocycles. The lowest BCUT2D eigenvalue weighted by Gasteiger charge is -2.17. The Morgan fingerprint density at radius 2 is 1.97 bits per heavy atom. The van der Waals surface area contributed by atoms with Crippen molar-refractivity contribution in [3.8, 4) is 0 Å². The number of hydrogen-bond donors (Lipinski definition) is 2. The third-order valence-corrected chi connectivity index (χ3v) is 5.82. The molecule has 3 heterocycles. The average molecular weight is 440 g/mol. The van der Waals surface area contributed by atoms with Crippen LogP contribution in [-0.2, 0) is 4.79 Å². The smallest absolute Gasteiger partial charge is 0.330 e. The third-order valence-electron chi connectivity index (χ3n) is 5.58. The molecule has 31 heavy (non-hydrogen) atoms. The van der Waals surface area contributed by atoms with Crippen molar-refractivity contribution >= 4 is 40.1 Å². The van der Waals surface area contributed by atoms with Crippen molar-refractivity contribution in [2.24, 2.45) is 0 Å². The Morgan fingerprint density at radius 1 is 1.16 bits per heavy atom. The summed E-state index contributed by atoms with van der Waals surface area (Å²) in [6.45, 7) is 0.452. The van der Waals surface area contributed by atoms with E-state index in [-0.39, 0.29) is 28.5 Å².